The fourth-order valence-electron chi connectivity index (χ4n) is 6.58. The summed E-state index contributed by atoms with van der Waals surface area (Å²) in [4.78, 5) is 22.4. The van der Waals surface area contributed by atoms with Crippen molar-refractivity contribution in [2.45, 2.75) is 141 Å². The van der Waals surface area contributed by atoms with Crippen LogP contribution in [0.3, 0.4) is 0 Å². The van der Waals surface area contributed by atoms with Gasteiger partial charge in [0.1, 0.15) is 11.6 Å². The number of hydrogen-bond donors (Lipinski definition) is 1. The number of carbonyl (C=O) groups excluding carboxylic acids is 1. The average molecular weight is 870 g/mol. The number of benzene rings is 3. The topological polar surface area (TPSA) is 63.1 Å². The molecule has 281 valence electrons. The van der Waals surface area contributed by atoms with Gasteiger partial charge >= 0.3 is 0 Å². The molecule has 1 N–H and O–H groups in total. The summed E-state index contributed by atoms with van der Waals surface area (Å²) < 4.78 is 0. The van der Waals surface area contributed by atoms with Crippen LogP contribution in [-0.2, 0) is 37.7 Å². The Hall–Kier alpha value is -2.88. The maximum absolute atomic E-state index is 12.2. The summed E-state index contributed by atoms with van der Waals surface area (Å²) in [6.07, 6.45) is 6.90. The summed E-state index contributed by atoms with van der Waals surface area (Å²) in [7, 11) is 0. The Morgan fingerprint density at radius 3 is 1.92 bits per heavy atom. The van der Waals surface area contributed by atoms with E-state index in [1.807, 2.05) is 41.5 Å². The summed E-state index contributed by atoms with van der Waals surface area (Å²) in [5.74, 6) is 2.66. The second-order valence-corrected chi connectivity index (χ2v) is 16.3. The SMILES string of the molecule is CCC(C)(CC)C(=O)/C=C(\O)C(C)(CC)CC.Cc1[c-]c(-c2nc(C(C)C)nc3c2ccc2cc(CC(C)C)cc(CC(C)C)c23)cc(C)c1.[Ir]. The molecule has 51 heavy (non-hydrogen) atoms. The van der Waals surface area contributed by atoms with Gasteiger partial charge in [-0.05, 0) is 78.0 Å². The quantitative estimate of drug-likeness (QED) is 0.0629. The van der Waals surface area contributed by atoms with Crippen LogP contribution in [0, 0.1) is 42.6 Å². The monoisotopic (exact) mass is 870 g/mol. The number of aromatic nitrogens is 2. The van der Waals surface area contributed by atoms with Crippen molar-refractivity contribution in [3.63, 3.8) is 0 Å². The van der Waals surface area contributed by atoms with E-state index in [0.29, 0.717) is 11.8 Å². The van der Waals surface area contributed by atoms with Crippen molar-refractivity contribution in [1.82, 2.24) is 9.97 Å². The molecule has 0 bridgehead atoms. The molecular formula is C46H65IrN2O2-. The van der Waals surface area contributed by atoms with Crippen LogP contribution >= 0.6 is 0 Å². The molecule has 1 heterocycles. The second kappa shape index (κ2) is 18.7. The third-order valence-electron chi connectivity index (χ3n) is 10.7. The number of fused-ring (bicyclic) bond motifs is 3. The number of aryl methyl sites for hydroxylation is 2. The van der Waals surface area contributed by atoms with Gasteiger partial charge in [0.2, 0.25) is 0 Å². The molecule has 4 rings (SSSR count). The maximum Gasteiger partial charge on any atom is 0.164 e. The summed E-state index contributed by atoms with van der Waals surface area (Å²) in [5.41, 5.74) is 7.75. The predicted octanol–water partition coefficient (Wildman–Crippen LogP) is 13.0. The van der Waals surface area contributed by atoms with Crippen LogP contribution in [0.25, 0.3) is 32.9 Å². The van der Waals surface area contributed by atoms with Gasteiger partial charge in [-0.25, -0.2) is 4.98 Å². The molecule has 0 fully saturated rings. The molecule has 3 aromatic carbocycles. The second-order valence-electron chi connectivity index (χ2n) is 16.3. The van der Waals surface area contributed by atoms with E-state index >= 15 is 0 Å². The number of nitrogens with zero attached hydrogens (tertiary/aromatic N) is 2. The Bertz CT molecular complexity index is 1790. The third kappa shape index (κ3) is 10.8. The van der Waals surface area contributed by atoms with Gasteiger partial charge < -0.3 is 5.11 Å². The molecule has 0 saturated carbocycles. The van der Waals surface area contributed by atoms with Crippen molar-refractivity contribution in [3.05, 3.63) is 82.4 Å². The molecule has 1 radical (unpaired) electrons. The fraction of sp³-hybridized carbons (Fsp3) is 0.543. The number of carbonyl (C=O) groups is 1. The van der Waals surface area contributed by atoms with E-state index in [2.05, 4.69) is 97.9 Å². The first kappa shape index (κ1) is 44.3. The molecular weight excluding hydrogens is 805 g/mol. The molecule has 0 spiro atoms. The molecule has 0 saturated heterocycles. The van der Waals surface area contributed by atoms with Crippen LogP contribution in [-0.4, -0.2) is 20.9 Å². The molecule has 0 unspecified atom stereocenters. The van der Waals surface area contributed by atoms with Crippen LogP contribution < -0.4 is 0 Å². The van der Waals surface area contributed by atoms with Crippen LogP contribution in [0.5, 0.6) is 0 Å². The van der Waals surface area contributed by atoms with Crippen LogP contribution in [0.1, 0.15) is 143 Å². The van der Waals surface area contributed by atoms with Crippen LogP contribution in [0.15, 0.2) is 48.2 Å². The summed E-state index contributed by atoms with van der Waals surface area (Å²) in [6, 6.07) is 17.2. The summed E-state index contributed by atoms with van der Waals surface area (Å²) >= 11 is 0. The summed E-state index contributed by atoms with van der Waals surface area (Å²) in [6.45, 7) is 29.9. The van der Waals surface area contributed by atoms with Crippen molar-refractivity contribution in [3.8, 4) is 11.3 Å². The molecule has 4 aromatic rings. The van der Waals surface area contributed by atoms with Crippen molar-refractivity contribution in [1.29, 1.82) is 0 Å². The van der Waals surface area contributed by atoms with Gasteiger partial charge in [-0.1, -0.05) is 121 Å². The molecule has 0 amide bonds. The number of hydrogen-bond acceptors (Lipinski definition) is 4. The van der Waals surface area contributed by atoms with Crippen LogP contribution in [0.2, 0.25) is 0 Å². The first-order valence-electron chi connectivity index (χ1n) is 19.1. The number of rotatable bonds is 13. The normalized spacial score (nSPS) is 12.5. The minimum atomic E-state index is -0.337. The zero-order valence-electron chi connectivity index (χ0n) is 34.1. The standard InChI is InChI=1S/C31H37N2.C15H28O2.Ir/c1-18(2)11-23-16-24-9-10-27-29(26-14-21(7)13-22(8)15-26)32-31(20(5)6)33-30(27)28(24)25(17-23)12-19(3)4;1-7-14(5,8-2)12(16)11-13(17)15(6,9-3)10-4;/h9-10,13-14,16-20H,11-12H2,1-8H3;11,16H,7-10H2,1-6H3;/q-1;;/b;12-11-;. The van der Waals surface area contributed by atoms with Gasteiger partial charge in [-0.2, -0.15) is 0 Å². The van der Waals surface area contributed by atoms with E-state index in [1.54, 1.807) is 0 Å². The first-order chi connectivity index (χ1) is 23.4. The molecule has 0 aliphatic rings. The van der Waals surface area contributed by atoms with E-state index in [0.717, 1.165) is 72.1 Å². The van der Waals surface area contributed by atoms with Gasteiger partial charge in [0.05, 0.1) is 5.52 Å². The maximum atomic E-state index is 12.2. The van der Waals surface area contributed by atoms with Gasteiger partial charge in [-0.3, -0.25) is 9.78 Å². The van der Waals surface area contributed by atoms with Crippen molar-refractivity contribution in [2.75, 3.05) is 0 Å². The van der Waals surface area contributed by atoms with Gasteiger partial charge in [-0.15, -0.1) is 34.9 Å². The number of aliphatic hydroxyl groups is 1. The van der Waals surface area contributed by atoms with Crippen molar-refractivity contribution < 1.29 is 30.0 Å². The molecule has 0 aliphatic carbocycles. The van der Waals surface area contributed by atoms with Gasteiger partial charge in [0.15, 0.2) is 5.78 Å². The van der Waals surface area contributed by atoms with Crippen molar-refractivity contribution in [2.24, 2.45) is 22.7 Å². The minimum absolute atomic E-state index is 0. The Morgan fingerprint density at radius 2 is 1.41 bits per heavy atom. The van der Waals surface area contributed by atoms with Gasteiger partial charge in [0.25, 0.3) is 0 Å². The first-order valence-corrected chi connectivity index (χ1v) is 19.1. The zero-order chi connectivity index (χ0) is 37.6. The Balaban J connectivity index is 0.000000428. The van der Waals surface area contributed by atoms with E-state index in [-0.39, 0.29) is 48.4 Å². The number of aliphatic hydroxyl groups excluding tert-OH is 1. The average Bonchev–Trinajstić information content (AvgIpc) is 3.05. The van der Waals surface area contributed by atoms with Crippen molar-refractivity contribution >= 4 is 27.5 Å². The number of ketones is 1. The fourth-order valence-corrected chi connectivity index (χ4v) is 6.58. The number of allylic oxidation sites excluding steroid dienone is 2. The molecule has 5 heteroatoms. The Morgan fingerprint density at radius 1 is 0.824 bits per heavy atom. The third-order valence-corrected chi connectivity index (χ3v) is 10.7. The van der Waals surface area contributed by atoms with E-state index in [9.17, 15) is 9.90 Å². The van der Waals surface area contributed by atoms with Crippen LogP contribution in [0.4, 0.5) is 0 Å². The van der Waals surface area contributed by atoms with E-state index < -0.39 is 0 Å². The molecule has 0 aliphatic heterocycles. The Labute approximate surface area is 323 Å². The molecule has 1 aromatic heterocycles. The summed E-state index contributed by atoms with van der Waals surface area (Å²) in [5, 5.41) is 13.8. The van der Waals surface area contributed by atoms with Gasteiger partial charge in [0, 0.05) is 48.3 Å². The molecule has 0 atom stereocenters. The predicted molar refractivity (Wildman–Crippen MR) is 215 cm³/mol. The van der Waals surface area contributed by atoms with E-state index in [1.165, 1.54) is 33.5 Å². The smallest absolute Gasteiger partial charge is 0.164 e. The molecule has 4 nitrogen and oxygen atoms in total. The minimum Gasteiger partial charge on any atom is -0.512 e. The Kier molecular flexibility index (Phi) is 16.3. The largest absolute Gasteiger partial charge is 0.512 e. The van der Waals surface area contributed by atoms with E-state index in [4.69, 9.17) is 9.97 Å². The zero-order valence-corrected chi connectivity index (χ0v) is 36.5.